The van der Waals surface area contributed by atoms with Crippen LogP contribution in [0, 0.1) is 0 Å². The number of aromatic hydroxyl groups is 1. The normalized spacial score (nSPS) is 11.5. The van der Waals surface area contributed by atoms with Gasteiger partial charge in [-0.05, 0) is 24.3 Å². The fourth-order valence-electron chi connectivity index (χ4n) is 2.86. The average molecular weight is 346 g/mol. The zero-order valence-corrected chi connectivity index (χ0v) is 13.6. The van der Waals surface area contributed by atoms with Crippen LogP contribution >= 0.6 is 0 Å². The van der Waals surface area contributed by atoms with E-state index in [0.717, 1.165) is 5.39 Å². The second-order valence-corrected chi connectivity index (χ2v) is 5.73. The van der Waals surface area contributed by atoms with E-state index < -0.39 is 5.97 Å². The molecular weight excluding hydrogens is 332 g/mol. The van der Waals surface area contributed by atoms with E-state index >= 15 is 0 Å². The van der Waals surface area contributed by atoms with Gasteiger partial charge in [-0.3, -0.25) is 9.20 Å². The average Bonchev–Trinajstić information content (AvgIpc) is 2.97. The topological polar surface area (TPSA) is 99.5 Å². The van der Waals surface area contributed by atoms with Gasteiger partial charge >= 0.3 is 5.97 Å². The zero-order valence-electron chi connectivity index (χ0n) is 13.6. The summed E-state index contributed by atoms with van der Waals surface area (Å²) in [5.74, 6) is -0.444. The predicted octanol–water partition coefficient (Wildman–Crippen LogP) is 4.24. The quantitative estimate of drug-likeness (QED) is 0.540. The first-order valence-corrected chi connectivity index (χ1v) is 7.93. The molecule has 0 amide bonds. The van der Waals surface area contributed by atoms with Crippen molar-refractivity contribution >= 4 is 33.9 Å². The Labute approximate surface area is 147 Å². The van der Waals surface area contributed by atoms with Gasteiger partial charge in [0.2, 0.25) is 0 Å². The number of phenolic OH excluding ortho intramolecular Hbond substituents is 1. The Bertz CT molecular complexity index is 1160. The number of hydrogen-bond acceptors (Lipinski definition) is 5. The van der Waals surface area contributed by atoms with Crippen molar-refractivity contribution < 1.29 is 15.0 Å². The number of pyridine rings is 1. The van der Waals surface area contributed by atoms with Gasteiger partial charge in [0.25, 0.3) is 0 Å². The molecule has 7 nitrogen and oxygen atoms in total. The molecule has 26 heavy (non-hydrogen) atoms. The van der Waals surface area contributed by atoms with Crippen LogP contribution in [0.5, 0.6) is 5.75 Å². The lowest BCUT2D eigenvalue weighted by atomic mass is 10.1. The van der Waals surface area contributed by atoms with Gasteiger partial charge in [-0.2, -0.15) is 0 Å². The van der Waals surface area contributed by atoms with Gasteiger partial charge in [0, 0.05) is 17.0 Å². The highest BCUT2D eigenvalue weighted by Gasteiger charge is 2.15. The number of carboxylic acid groups (broad SMARTS) is 1. The Balaban J connectivity index is 1.85. The first-order valence-electron chi connectivity index (χ1n) is 7.93. The second kappa shape index (κ2) is 6.29. The van der Waals surface area contributed by atoms with E-state index in [9.17, 15) is 9.90 Å². The Kier molecular flexibility index (Phi) is 3.81. The SMILES string of the molecule is O=C(O)Cc1nc2ccccn2c1N=Nc1cccc2c(O)cccc12. The second-order valence-electron chi connectivity index (χ2n) is 5.73. The van der Waals surface area contributed by atoms with Crippen LogP contribution in [0.1, 0.15) is 5.69 Å². The minimum atomic E-state index is -0.986. The molecule has 0 spiro atoms. The largest absolute Gasteiger partial charge is 0.507 e. The Hall–Kier alpha value is -3.74. The Morgan fingerprint density at radius 3 is 2.65 bits per heavy atom. The number of nitrogens with zero attached hydrogens (tertiary/aromatic N) is 4. The van der Waals surface area contributed by atoms with E-state index in [4.69, 9.17) is 5.11 Å². The summed E-state index contributed by atoms with van der Waals surface area (Å²) in [5.41, 5.74) is 1.52. The molecule has 2 aromatic carbocycles. The maximum atomic E-state index is 11.1. The molecule has 128 valence electrons. The molecule has 2 aromatic heterocycles. The summed E-state index contributed by atoms with van der Waals surface area (Å²) in [6, 6.07) is 16.0. The van der Waals surface area contributed by atoms with Crippen LogP contribution in [-0.4, -0.2) is 25.6 Å². The lowest BCUT2D eigenvalue weighted by Crippen LogP contribution is -2.00. The third kappa shape index (κ3) is 2.75. The molecule has 0 unspecified atom stereocenters. The number of azo groups is 1. The molecule has 7 heteroatoms. The fourth-order valence-corrected chi connectivity index (χ4v) is 2.86. The third-order valence-corrected chi connectivity index (χ3v) is 4.02. The maximum absolute atomic E-state index is 11.1. The van der Waals surface area contributed by atoms with Gasteiger partial charge < -0.3 is 10.2 Å². The highest BCUT2D eigenvalue weighted by Crippen LogP contribution is 2.33. The highest BCUT2D eigenvalue weighted by molar-refractivity contribution is 5.96. The Morgan fingerprint density at radius 1 is 1.00 bits per heavy atom. The van der Waals surface area contributed by atoms with Crippen molar-refractivity contribution in [3.05, 3.63) is 66.5 Å². The number of fused-ring (bicyclic) bond motifs is 2. The molecule has 2 N–H and O–H groups in total. The molecule has 0 radical (unpaired) electrons. The number of hydrogen-bond donors (Lipinski definition) is 2. The molecule has 0 fully saturated rings. The Morgan fingerprint density at radius 2 is 1.81 bits per heavy atom. The van der Waals surface area contributed by atoms with Gasteiger partial charge in [-0.1, -0.05) is 30.3 Å². The number of phenols is 1. The maximum Gasteiger partial charge on any atom is 0.309 e. The number of carboxylic acids is 1. The molecule has 0 bridgehead atoms. The smallest absolute Gasteiger partial charge is 0.309 e. The molecule has 0 aliphatic rings. The van der Waals surface area contributed by atoms with Gasteiger partial charge in [0.1, 0.15) is 11.4 Å². The van der Waals surface area contributed by atoms with Crippen LogP contribution in [0.25, 0.3) is 16.4 Å². The highest BCUT2D eigenvalue weighted by atomic mass is 16.4. The number of benzene rings is 2. The molecule has 0 aliphatic heterocycles. The fraction of sp³-hybridized carbons (Fsp3) is 0.0526. The lowest BCUT2D eigenvalue weighted by molar-refractivity contribution is -0.136. The summed E-state index contributed by atoms with van der Waals surface area (Å²) >= 11 is 0. The van der Waals surface area contributed by atoms with Crippen LogP contribution in [0.3, 0.4) is 0 Å². The van der Waals surface area contributed by atoms with Crippen LogP contribution in [0.2, 0.25) is 0 Å². The minimum absolute atomic E-state index is 0.168. The molecule has 0 saturated carbocycles. The molecule has 4 rings (SSSR count). The van der Waals surface area contributed by atoms with Crippen molar-refractivity contribution in [2.24, 2.45) is 10.2 Å². The molecule has 0 aliphatic carbocycles. The predicted molar refractivity (Wildman–Crippen MR) is 96.3 cm³/mol. The summed E-state index contributed by atoms with van der Waals surface area (Å²) < 4.78 is 1.70. The minimum Gasteiger partial charge on any atom is -0.507 e. The first-order chi connectivity index (χ1) is 12.6. The summed E-state index contributed by atoms with van der Waals surface area (Å²) in [4.78, 5) is 15.5. The van der Waals surface area contributed by atoms with Crippen molar-refractivity contribution in [2.75, 3.05) is 0 Å². The molecule has 0 saturated heterocycles. The number of imidazole rings is 1. The lowest BCUT2D eigenvalue weighted by Gasteiger charge is -2.03. The zero-order chi connectivity index (χ0) is 18.1. The van der Waals surface area contributed by atoms with Gasteiger partial charge in [0.15, 0.2) is 5.82 Å². The van der Waals surface area contributed by atoms with E-state index in [1.807, 2.05) is 18.2 Å². The van der Waals surface area contributed by atoms with Gasteiger partial charge in [-0.15, -0.1) is 10.2 Å². The van der Waals surface area contributed by atoms with Gasteiger partial charge in [0.05, 0.1) is 17.8 Å². The number of rotatable bonds is 4. The van der Waals surface area contributed by atoms with Crippen molar-refractivity contribution in [1.82, 2.24) is 9.38 Å². The van der Waals surface area contributed by atoms with Crippen LogP contribution in [-0.2, 0) is 11.2 Å². The van der Waals surface area contributed by atoms with Crippen LogP contribution in [0.4, 0.5) is 11.5 Å². The third-order valence-electron chi connectivity index (χ3n) is 4.02. The number of aliphatic carboxylic acids is 1. The van der Waals surface area contributed by atoms with E-state index in [-0.39, 0.29) is 12.2 Å². The van der Waals surface area contributed by atoms with Crippen molar-refractivity contribution in [3.63, 3.8) is 0 Å². The first kappa shape index (κ1) is 15.8. The monoisotopic (exact) mass is 346 g/mol. The van der Waals surface area contributed by atoms with Crippen molar-refractivity contribution in [3.8, 4) is 5.75 Å². The van der Waals surface area contributed by atoms with E-state index in [1.54, 1.807) is 47.0 Å². The summed E-state index contributed by atoms with van der Waals surface area (Å²) in [6.07, 6.45) is 1.52. The molecule has 0 atom stereocenters. The van der Waals surface area contributed by atoms with E-state index in [2.05, 4.69) is 15.2 Å². The van der Waals surface area contributed by atoms with Gasteiger partial charge in [-0.25, -0.2) is 4.98 Å². The summed E-state index contributed by atoms with van der Waals surface area (Å²) in [6.45, 7) is 0. The standard InChI is InChI=1S/C19H14N4O3/c24-16-8-4-5-12-13(16)6-3-7-14(12)21-22-19-15(11-18(25)26)20-17-9-1-2-10-23(17)19/h1-10,24H,11H2,(H,25,26). The van der Waals surface area contributed by atoms with E-state index in [1.165, 1.54) is 0 Å². The number of carbonyl (C=O) groups is 1. The van der Waals surface area contributed by atoms with Crippen molar-refractivity contribution in [1.29, 1.82) is 0 Å². The number of aromatic nitrogens is 2. The molecule has 4 aromatic rings. The van der Waals surface area contributed by atoms with Crippen LogP contribution < -0.4 is 0 Å². The van der Waals surface area contributed by atoms with Crippen molar-refractivity contribution in [2.45, 2.75) is 6.42 Å². The summed E-state index contributed by atoms with van der Waals surface area (Å²) in [7, 11) is 0. The molecular formula is C19H14N4O3. The van der Waals surface area contributed by atoms with Crippen LogP contribution in [0.15, 0.2) is 71.0 Å². The summed E-state index contributed by atoms with van der Waals surface area (Å²) in [5, 5.41) is 29.1. The molecule has 2 heterocycles. The van der Waals surface area contributed by atoms with E-state index in [0.29, 0.717) is 28.2 Å².